The van der Waals surface area contributed by atoms with Crippen LogP contribution in [0.15, 0.2) is 36.4 Å². The number of nitrogens with one attached hydrogen (secondary N) is 1. The number of nitro benzene ring substituents is 1. The Morgan fingerprint density at radius 3 is 2.29 bits per heavy atom. The third kappa shape index (κ3) is 3.16. The zero-order valence-electron chi connectivity index (χ0n) is 10.3. The molecule has 0 radical (unpaired) electrons. The first kappa shape index (κ1) is 14.5. The Kier molecular flexibility index (Phi) is 3.88. The zero-order valence-corrected chi connectivity index (χ0v) is 10.3. The van der Waals surface area contributed by atoms with E-state index < -0.39 is 39.5 Å². The number of rotatable bonds is 3. The summed E-state index contributed by atoms with van der Waals surface area (Å²) in [5, 5.41) is 12.8. The van der Waals surface area contributed by atoms with Crippen LogP contribution >= 0.6 is 0 Å². The summed E-state index contributed by atoms with van der Waals surface area (Å²) in [6.45, 7) is 0. The van der Waals surface area contributed by atoms with Crippen LogP contribution in [-0.2, 0) is 0 Å². The molecule has 0 heterocycles. The van der Waals surface area contributed by atoms with Gasteiger partial charge in [0.1, 0.15) is 23.0 Å². The maximum absolute atomic E-state index is 13.4. The number of hydrogen-bond acceptors (Lipinski definition) is 3. The summed E-state index contributed by atoms with van der Waals surface area (Å²) in [7, 11) is 0. The molecule has 0 aliphatic carbocycles. The molecule has 1 amide bonds. The lowest BCUT2D eigenvalue weighted by molar-refractivity contribution is -0.385. The molecule has 2 rings (SSSR count). The summed E-state index contributed by atoms with van der Waals surface area (Å²) in [6.07, 6.45) is 0. The molecule has 0 unspecified atom stereocenters. The van der Waals surface area contributed by atoms with Gasteiger partial charge in [0.2, 0.25) is 0 Å². The first-order chi connectivity index (χ1) is 9.88. The molecule has 0 aliphatic heterocycles. The molecule has 0 atom stereocenters. The fourth-order valence-corrected chi connectivity index (χ4v) is 1.63. The number of hydrogen-bond donors (Lipinski definition) is 1. The van der Waals surface area contributed by atoms with Gasteiger partial charge in [0.15, 0.2) is 0 Å². The third-order valence-corrected chi connectivity index (χ3v) is 2.58. The molecule has 0 spiro atoms. The number of benzene rings is 2. The van der Waals surface area contributed by atoms with E-state index >= 15 is 0 Å². The van der Waals surface area contributed by atoms with Crippen LogP contribution in [0, 0.1) is 27.6 Å². The molecule has 108 valence electrons. The number of nitro groups is 1. The van der Waals surface area contributed by atoms with Gasteiger partial charge in [-0.05, 0) is 24.3 Å². The molecule has 0 aromatic heterocycles. The van der Waals surface area contributed by atoms with Crippen molar-refractivity contribution >= 4 is 17.3 Å². The van der Waals surface area contributed by atoms with Gasteiger partial charge in [-0.2, -0.15) is 0 Å². The summed E-state index contributed by atoms with van der Waals surface area (Å²) in [5.74, 6) is -3.83. The van der Waals surface area contributed by atoms with Crippen LogP contribution in [0.1, 0.15) is 10.4 Å². The second kappa shape index (κ2) is 5.61. The van der Waals surface area contributed by atoms with Crippen molar-refractivity contribution < 1.29 is 22.9 Å². The van der Waals surface area contributed by atoms with E-state index in [1.807, 2.05) is 5.32 Å². The van der Waals surface area contributed by atoms with E-state index in [-0.39, 0.29) is 5.69 Å². The van der Waals surface area contributed by atoms with Gasteiger partial charge in [0, 0.05) is 12.1 Å². The summed E-state index contributed by atoms with van der Waals surface area (Å²) < 4.78 is 39.3. The second-order valence-corrected chi connectivity index (χ2v) is 4.00. The van der Waals surface area contributed by atoms with Crippen LogP contribution in [-0.4, -0.2) is 10.8 Å². The minimum Gasteiger partial charge on any atom is -0.319 e. The number of anilines is 1. The van der Waals surface area contributed by atoms with Crippen LogP contribution < -0.4 is 5.32 Å². The average Bonchev–Trinajstić information content (AvgIpc) is 2.41. The van der Waals surface area contributed by atoms with Gasteiger partial charge < -0.3 is 5.32 Å². The van der Waals surface area contributed by atoms with Gasteiger partial charge in [-0.1, -0.05) is 0 Å². The first-order valence-corrected chi connectivity index (χ1v) is 5.59. The topological polar surface area (TPSA) is 72.2 Å². The minimum absolute atomic E-state index is 0.375. The SMILES string of the molecule is O=C(Nc1ccc(F)cc1F)c1cc(F)ccc1[N+](=O)[O-]. The molecule has 0 aliphatic rings. The van der Waals surface area contributed by atoms with Gasteiger partial charge in [-0.15, -0.1) is 0 Å². The Bertz CT molecular complexity index is 735. The molecule has 0 saturated carbocycles. The van der Waals surface area contributed by atoms with Crippen LogP contribution in [0.2, 0.25) is 0 Å². The summed E-state index contributed by atoms with van der Waals surface area (Å²) in [4.78, 5) is 21.8. The highest BCUT2D eigenvalue weighted by atomic mass is 19.1. The molecule has 5 nitrogen and oxygen atoms in total. The van der Waals surface area contributed by atoms with E-state index in [2.05, 4.69) is 0 Å². The van der Waals surface area contributed by atoms with Crippen molar-refractivity contribution in [1.82, 2.24) is 0 Å². The van der Waals surface area contributed by atoms with Gasteiger partial charge in [-0.25, -0.2) is 13.2 Å². The summed E-state index contributed by atoms with van der Waals surface area (Å²) >= 11 is 0. The maximum atomic E-state index is 13.4. The Balaban J connectivity index is 2.36. The van der Waals surface area contributed by atoms with Crippen molar-refractivity contribution in [3.63, 3.8) is 0 Å². The quantitative estimate of drug-likeness (QED) is 0.698. The molecule has 2 aromatic carbocycles. The fraction of sp³-hybridized carbons (Fsp3) is 0. The van der Waals surface area contributed by atoms with E-state index in [1.54, 1.807) is 0 Å². The minimum atomic E-state index is -1.08. The van der Waals surface area contributed by atoms with E-state index in [0.29, 0.717) is 12.1 Å². The summed E-state index contributed by atoms with van der Waals surface area (Å²) in [5.41, 5.74) is -1.57. The van der Waals surface area contributed by atoms with Crippen LogP contribution in [0.3, 0.4) is 0 Å². The fourth-order valence-electron chi connectivity index (χ4n) is 1.63. The zero-order chi connectivity index (χ0) is 15.6. The van der Waals surface area contributed by atoms with E-state index in [0.717, 1.165) is 24.3 Å². The lowest BCUT2D eigenvalue weighted by Crippen LogP contribution is -2.15. The van der Waals surface area contributed by atoms with E-state index in [9.17, 15) is 28.1 Å². The molecule has 1 N–H and O–H groups in total. The standard InChI is InChI=1S/C13H7F3N2O3/c14-7-2-4-12(18(20)21)9(5-7)13(19)17-11-3-1-8(15)6-10(11)16/h1-6H,(H,17,19). The van der Waals surface area contributed by atoms with Gasteiger partial charge in [0.05, 0.1) is 10.6 Å². The molecular formula is C13H7F3N2O3. The lowest BCUT2D eigenvalue weighted by atomic mass is 10.1. The average molecular weight is 296 g/mol. The number of halogens is 3. The Morgan fingerprint density at radius 1 is 1.05 bits per heavy atom. The number of carbonyl (C=O) groups is 1. The van der Waals surface area contributed by atoms with Crippen molar-refractivity contribution in [2.45, 2.75) is 0 Å². The molecule has 2 aromatic rings. The Labute approximate surface area is 116 Å². The Hall–Kier alpha value is -2.90. The monoisotopic (exact) mass is 296 g/mol. The van der Waals surface area contributed by atoms with Crippen molar-refractivity contribution in [2.24, 2.45) is 0 Å². The molecule has 0 saturated heterocycles. The van der Waals surface area contributed by atoms with Crippen molar-refractivity contribution in [3.05, 3.63) is 69.5 Å². The summed E-state index contributed by atoms with van der Waals surface area (Å²) in [6, 6.07) is 4.70. The van der Waals surface area contributed by atoms with Crippen LogP contribution in [0.25, 0.3) is 0 Å². The molecular weight excluding hydrogens is 289 g/mol. The van der Waals surface area contributed by atoms with Crippen molar-refractivity contribution in [2.75, 3.05) is 5.32 Å². The maximum Gasteiger partial charge on any atom is 0.282 e. The second-order valence-electron chi connectivity index (χ2n) is 4.00. The predicted molar refractivity (Wildman–Crippen MR) is 67.4 cm³/mol. The number of carbonyl (C=O) groups excluding carboxylic acids is 1. The molecule has 8 heteroatoms. The third-order valence-electron chi connectivity index (χ3n) is 2.58. The normalized spacial score (nSPS) is 10.2. The molecule has 21 heavy (non-hydrogen) atoms. The van der Waals surface area contributed by atoms with Gasteiger partial charge in [0.25, 0.3) is 11.6 Å². The largest absolute Gasteiger partial charge is 0.319 e. The van der Waals surface area contributed by atoms with E-state index in [4.69, 9.17) is 0 Å². The molecule has 0 bridgehead atoms. The van der Waals surface area contributed by atoms with Gasteiger partial charge in [-0.3, -0.25) is 14.9 Å². The van der Waals surface area contributed by atoms with Crippen molar-refractivity contribution in [1.29, 1.82) is 0 Å². The van der Waals surface area contributed by atoms with Gasteiger partial charge >= 0.3 is 0 Å². The van der Waals surface area contributed by atoms with Crippen molar-refractivity contribution in [3.8, 4) is 0 Å². The Morgan fingerprint density at radius 2 is 1.67 bits per heavy atom. The smallest absolute Gasteiger partial charge is 0.282 e. The first-order valence-electron chi connectivity index (χ1n) is 5.59. The number of amides is 1. The highest BCUT2D eigenvalue weighted by Crippen LogP contribution is 2.22. The molecule has 0 fully saturated rings. The van der Waals surface area contributed by atoms with Crippen LogP contribution in [0.4, 0.5) is 24.5 Å². The highest BCUT2D eigenvalue weighted by Gasteiger charge is 2.21. The highest BCUT2D eigenvalue weighted by molar-refractivity contribution is 6.07. The number of nitrogens with zero attached hydrogens (tertiary/aromatic N) is 1. The van der Waals surface area contributed by atoms with Crippen LogP contribution in [0.5, 0.6) is 0 Å². The lowest BCUT2D eigenvalue weighted by Gasteiger charge is -2.07. The predicted octanol–water partition coefficient (Wildman–Crippen LogP) is 3.26. The van der Waals surface area contributed by atoms with E-state index in [1.165, 1.54) is 0 Å².